The smallest absolute Gasteiger partial charge is 0.329 e. The Labute approximate surface area is 223 Å². The summed E-state index contributed by atoms with van der Waals surface area (Å²) >= 11 is 5.79. The first-order valence-electron chi connectivity index (χ1n) is 11.1. The Kier molecular flexibility index (Phi) is 8.54. The molecular weight excluding hydrogens is 532 g/mol. The van der Waals surface area contributed by atoms with E-state index >= 15 is 0 Å². The summed E-state index contributed by atoms with van der Waals surface area (Å²) in [5, 5.41) is 6.57. The van der Waals surface area contributed by atoms with Crippen LogP contribution in [-0.2, 0) is 26.2 Å². The van der Waals surface area contributed by atoms with E-state index < -0.39 is 21.8 Å². The van der Waals surface area contributed by atoms with Gasteiger partial charge in [0, 0.05) is 10.7 Å². The summed E-state index contributed by atoms with van der Waals surface area (Å²) in [6, 6.07) is 24.5. The third-order valence-electron chi connectivity index (χ3n) is 4.90. The zero-order valence-electron chi connectivity index (χ0n) is 19.6. The Morgan fingerprint density at radius 1 is 0.868 bits per heavy atom. The van der Waals surface area contributed by atoms with E-state index in [1.54, 1.807) is 30.3 Å². The molecule has 0 aliphatic carbocycles. The molecule has 0 unspecified atom stereocenters. The number of furan rings is 1. The first kappa shape index (κ1) is 26.6. The Morgan fingerprint density at radius 3 is 2.26 bits per heavy atom. The molecule has 12 heteroatoms. The molecule has 0 spiro atoms. The maximum atomic E-state index is 12.3. The molecule has 0 saturated heterocycles. The van der Waals surface area contributed by atoms with Crippen LogP contribution in [-0.4, -0.2) is 26.4 Å². The molecule has 0 fully saturated rings. The zero-order chi connectivity index (χ0) is 27.0. The fourth-order valence-corrected chi connectivity index (χ4v) is 4.17. The molecular formula is C26H21ClN4O6S. The first-order chi connectivity index (χ1) is 18.3. The Bertz CT molecular complexity index is 1540. The van der Waals surface area contributed by atoms with Crippen molar-refractivity contribution in [1.82, 2.24) is 10.1 Å². The number of hydrogen-bond acceptors (Lipinski definition) is 7. The van der Waals surface area contributed by atoms with Gasteiger partial charge in [-0.15, -0.1) is 0 Å². The van der Waals surface area contributed by atoms with Crippen molar-refractivity contribution in [2.75, 3.05) is 5.32 Å². The molecule has 0 aliphatic heterocycles. The standard InChI is InChI=1S/C26H21ClN4O6S/c27-18-6-14-24(15-7-18)38(34,35)29-17-23-13-12-22(37-23)16-28-31-26(33)25(32)30-19-8-10-21(11-9-19)36-20-4-2-1-3-5-20/h1-16,29H,17H2,(H,30,32)(H,31,33)/b28-16+. The molecule has 1 heterocycles. The van der Waals surface area contributed by atoms with Gasteiger partial charge in [-0.2, -0.15) is 5.10 Å². The van der Waals surface area contributed by atoms with Gasteiger partial charge < -0.3 is 14.5 Å². The summed E-state index contributed by atoms with van der Waals surface area (Å²) in [6.45, 7) is -0.108. The summed E-state index contributed by atoms with van der Waals surface area (Å²) in [7, 11) is -3.76. The number of hydrogen-bond donors (Lipinski definition) is 3. The van der Waals surface area contributed by atoms with Crippen LogP contribution >= 0.6 is 11.6 Å². The Hall–Kier alpha value is -4.45. The normalized spacial score (nSPS) is 11.3. The van der Waals surface area contributed by atoms with Crippen LogP contribution in [0.3, 0.4) is 0 Å². The number of halogens is 1. The third kappa shape index (κ3) is 7.53. The van der Waals surface area contributed by atoms with Crippen molar-refractivity contribution in [1.29, 1.82) is 0 Å². The van der Waals surface area contributed by atoms with Crippen LogP contribution < -0.4 is 20.2 Å². The Balaban J connectivity index is 1.23. The minimum atomic E-state index is -3.76. The number of ether oxygens (including phenoxy) is 1. The van der Waals surface area contributed by atoms with Gasteiger partial charge in [-0.05, 0) is 72.8 Å². The molecule has 4 aromatic rings. The van der Waals surface area contributed by atoms with E-state index in [4.69, 9.17) is 20.8 Å². The van der Waals surface area contributed by atoms with Crippen molar-refractivity contribution in [3.8, 4) is 11.5 Å². The molecule has 0 bridgehead atoms. The maximum Gasteiger partial charge on any atom is 0.329 e. The van der Waals surface area contributed by atoms with Crippen molar-refractivity contribution < 1.29 is 27.2 Å². The van der Waals surface area contributed by atoms with E-state index in [0.717, 1.165) is 0 Å². The summed E-state index contributed by atoms with van der Waals surface area (Å²) in [5.41, 5.74) is 2.49. The fraction of sp³-hybridized carbons (Fsp3) is 0.0385. The highest BCUT2D eigenvalue weighted by Gasteiger charge is 2.15. The van der Waals surface area contributed by atoms with E-state index in [1.807, 2.05) is 30.3 Å². The topological polar surface area (TPSA) is 139 Å². The van der Waals surface area contributed by atoms with Gasteiger partial charge in [-0.3, -0.25) is 9.59 Å². The highest BCUT2D eigenvalue weighted by atomic mass is 35.5. The lowest BCUT2D eigenvalue weighted by atomic mass is 10.3. The number of nitrogens with one attached hydrogen (secondary N) is 3. The number of benzene rings is 3. The quantitative estimate of drug-likeness (QED) is 0.161. The highest BCUT2D eigenvalue weighted by Crippen LogP contribution is 2.22. The van der Waals surface area contributed by atoms with Crippen molar-refractivity contribution in [3.63, 3.8) is 0 Å². The summed E-state index contributed by atoms with van der Waals surface area (Å²) < 4.78 is 38.2. The van der Waals surface area contributed by atoms with Crippen LogP contribution in [0.2, 0.25) is 5.02 Å². The van der Waals surface area contributed by atoms with E-state index in [1.165, 1.54) is 36.5 Å². The van der Waals surface area contributed by atoms with Crippen molar-refractivity contribution >= 4 is 45.3 Å². The van der Waals surface area contributed by atoms with Gasteiger partial charge in [0.25, 0.3) is 0 Å². The van der Waals surface area contributed by atoms with Gasteiger partial charge in [-0.1, -0.05) is 29.8 Å². The number of nitrogens with zero attached hydrogens (tertiary/aromatic N) is 1. The minimum Gasteiger partial charge on any atom is -0.459 e. The van der Waals surface area contributed by atoms with Crippen LogP contribution in [0.5, 0.6) is 11.5 Å². The second kappa shape index (κ2) is 12.2. The molecule has 0 aliphatic rings. The van der Waals surface area contributed by atoms with Gasteiger partial charge >= 0.3 is 11.8 Å². The summed E-state index contributed by atoms with van der Waals surface area (Å²) in [4.78, 5) is 24.2. The molecule has 2 amide bonds. The monoisotopic (exact) mass is 552 g/mol. The van der Waals surface area contributed by atoms with E-state index in [-0.39, 0.29) is 17.2 Å². The first-order valence-corrected chi connectivity index (χ1v) is 13.0. The van der Waals surface area contributed by atoms with Gasteiger partial charge in [0.05, 0.1) is 17.7 Å². The van der Waals surface area contributed by atoms with Crippen LogP contribution in [0.1, 0.15) is 11.5 Å². The number of anilines is 1. The van der Waals surface area contributed by atoms with Gasteiger partial charge in [0.2, 0.25) is 10.0 Å². The zero-order valence-corrected chi connectivity index (χ0v) is 21.2. The molecule has 0 atom stereocenters. The van der Waals surface area contributed by atoms with E-state index in [2.05, 4.69) is 20.6 Å². The van der Waals surface area contributed by atoms with Gasteiger partial charge in [0.1, 0.15) is 23.0 Å². The number of carbonyl (C=O) groups excluding carboxylic acids is 2. The predicted octanol–water partition coefficient (Wildman–Crippen LogP) is 4.29. The second-order valence-corrected chi connectivity index (χ2v) is 9.88. The third-order valence-corrected chi connectivity index (χ3v) is 6.57. The number of para-hydroxylation sites is 1. The molecule has 4 rings (SSSR count). The molecule has 10 nitrogen and oxygen atoms in total. The van der Waals surface area contributed by atoms with Crippen molar-refractivity contribution in [2.24, 2.45) is 5.10 Å². The molecule has 3 aromatic carbocycles. The molecule has 0 radical (unpaired) electrons. The predicted molar refractivity (Wildman–Crippen MR) is 142 cm³/mol. The number of hydrazone groups is 1. The average Bonchev–Trinajstić information content (AvgIpc) is 3.37. The highest BCUT2D eigenvalue weighted by molar-refractivity contribution is 7.89. The van der Waals surface area contributed by atoms with Crippen molar-refractivity contribution in [3.05, 3.63) is 108 Å². The van der Waals surface area contributed by atoms with Crippen molar-refractivity contribution in [2.45, 2.75) is 11.4 Å². The van der Waals surface area contributed by atoms with Gasteiger partial charge in [0.15, 0.2) is 0 Å². The number of carbonyl (C=O) groups is 2. The second-order valence-electron chi connectivity index (χ2n) is 7.68. The minimum absolute atomic E-state index is 0.0627. The average molecular weight is 553 g/mol. The fourth-order valence-electron chi connectivity index (χ4n) is 3.05. The number of amides is 2. The maximum absolute atomic E-state index is 12.3. The van der Waals surface area contributed by atoms with Crippen LogP contribution in [0.4, 0.5) is 5.69 Å². The molecule has 38 heavy (non-hydrogen) atoms. The van der Waals surface area contributed by atoms with E-state index in [9.17, 15) is 18.0 Å². The van der Waals surface area contributed by atoms with Crippen LogP contribution in [0.15, 0.2) is 105 Å². The molecule has 1 aromatic heterocycles. The molecule has 3 N–H and O–H groups in total. The summed E-state index contributed by atoms with van der Waals surface area (Å²) in [5.74, 6) is -0.125. The number of sulfonamides is 1. The lowest BCUT2D eigenvalue weighted by Crippen LogP contribution is -2.32. The summed E-state index contributed by atoms with van der Waals surface area (Å²) in [6.07, 6.45) is 1.18. The lowest BCUT2D eigenvalue weighted by molar-refractivity contribution is -0.136. The van der Waals surface area contributed by atoms with Gasteiger partial charge in [-0.25, -0.2) is 18.6 Å². The van der Waals surface area contributed by atoms with E-state index in [0.29, 0.717) is 28.0 Å². The van der Waals surface area contributed by atoms with Crippen LogP contribution in [0.25, 0.3) is 0 Å². The molecule has 194 valence electrons. The van der Waals surface area contributed by atoms with Crippen LogP contribution in [0, 0.1) is 0 Å². The largest absolute Gasteiger partial charge is 0.459 e. The number of rotatable bonds is 9. The Morgan fingerprint density at radius 2 is 1.55 bits per heavy atom. The lowest BCUT2D eigenvalue weighted by Gasteiger charge is -2.07. The SMILES string of the molecule is O=C(N/N=C/c1ccc(CNS(=O)(=O)c2ccc(Cl)cc2)o1)C(=O)Nc1ccc(Oc2ccccc2)cc1. The molecule has 0 saturated carbocycles.